The molecule has 1 fully saturated rings. The molecule has 114 valence electrons. The van der Waals surface area contributed by atoms with Crippen molar-refractivity contribution < 1.29 is 13.5 Å². The number of benzene rings is 1. The summed E-state index contributed by atoms with van der Waals surface area (Å²) in [5.41, 5.74) is 2.47. The average molecular weight is 295 g/mol. The number of hydrogen-bond donors (Lipinski definition) is 1. The number of halogens is 2. The SMILES string of the molecule is CO[C@@](CN1C=NCN1)(c1ccc(F)cc1F)C1(C)CC1. The molecule has 1 heterocycles. The van der Waals surface area contributed by atoms with Crippen molar-refractivity contribution in [1.29, 1.82) is 0 Å². The number of ether oxygens (including phenoxy) is 1. The Balaban J connectivity index is 2.04. The standard InChI is InChI=1S/C15H19F2N3O/c1-14(5-6-14)15(21-2,8-20-10-18-9-19-20)12-4-3-11(16)7-13(12)17/h3-4,7,10,19H,5-6,8-9H2,1-2H3/t15-/m0/s1. The molecule has 1 aromatic carbocycles. The van der Waals surface area contributed by atoms with Gasteiger partial charge >= 0.3 is 0 Å². The van der Waals surface area contributed by atoms with E-state index in [4.69, 9.17) is 4.74 Å². The minimum Gasteiger partial charge on any atom is -0.371 e. The molecule has 1 aliphatic heterocycles. The lowest BCUT2D eigenvalue weighted by molar-refractivity contribution is -0.0889. The van der Waals surface area contributed by atoms with Gasteiger partial charge in [0.05, 0.1) is 6.54 Å². The fourth-order valence-corrected chi connectivity index (χ4v) is 3.08. The van der Waals surface area contributed by atoms with Crippen LogP contribution >= 0.6 is 0 Å². The lowest BCUT2D eigenvalue weighted by atomic mass is 9.78. The van der Waals surface area contributed by atoms with Gasteiger partial charge in [0, 0.05) is 24.2 Å². The molecular formula is C15H19F2N3O. The van der Waals surface area contributed by atoms with Crippen molar-refractivity contribution in [3.8, 4) is 0 Å². The smallest absolute Gasteiger partial charge is 0.132 e. The summed E-state index contributed by atoms with van der Waals surface area (Å²) in [5.74, 6) is -1.15. The molecule has 1 aromatic rings. The largest absolute Gasteiger partial charge is 0.371 e. The summed E-state index contributed by atoms with van der Waals surface area (Å²) in [6, 6.07) is 3.69. The maximum Gasteiger partial charge on any atom is 0.132 e. The third-order valence-electron chi connectivity index (χ3n) is 4.67. The van der Waals surface area contributed by atoms with Gasteiger partial charge < -0.3 is 4.74 Å². The van der Waals surface area contributed by atoms with Crippen LogP contribution in [0.5, 0.6) is 0 Å². The van der Waals surface area contributed by atoms with E-state index in [1.807, 2.05) is 0 Å². The molecule has 4 nitrogen and oxygen atoms in total. The highest BCUT2D eigenvalue weighted by Gasteiger charge is 2.59. The molecule has 1 N–H and O–H groups in total. The molecule has 1 saturated carbocycles. The van der Waals surface area contributed by atoms with E-state index in [9.17, 15) is 8.78 Å². The van der Waals surface area contributed by atoms with Gasteiger partial charge in [-0.25, -0.2) is 14.2 Å². The van der Waals surface area contributed by atoms with Gasteiger partial charge in [0.2, 0.25) is 0 Å². The molecule has 1 aliphatic carbocycles. The quantitative estimate of drug-likeness (QED) is 0.906. The molecule has 0 bridgehead atoms. The Labute approximate surface area is 122 Å². The topological polar surface area (TPSA) is 36.9 Å². The van der Waals surface area contributed by atoms with Gasteiger partial charge in [-0.1, -0.05) is 13.0 Å². The second kappa shape index (κ2) is 5.03. The number of aliphatic imine (C=N–C) groups is 1. The number of hydrazine groups is 1. The zero-order valence-electron chi connectivity index (χ0n) is 12.2. The predicted molar refractivity (Wildman–Crippen MR) is 75.6 cm³/mol. The lowest BCUT2D eigenvalue weighted by Crippen LogP contribution is -2.50. The summed E-state index contributed by atoms with van der Waals surface area (Å²) in [7, 11) is 1.58. The Kier molecular flexibility index (Phi) is 3.45. The third kappa shape index (κ3) is 2.32. The van der Waals surface area contributed by atoms with Crippen molar-refractivity contribution in [1.82, 2.24) is 10.4 Å². The normalized spacial score (nSPS) is 22.4. The van der Waals surface area contributed by atoms with E-state index in [0.717, 1.165) is 18.9 Å². The first-order chi connectivity index (χ1) is 10.0. The molecule has 0 amide bonds. The first-order valence-electron chi connectivity index (χ1n) is 7.02. The van der Waals surface area contributed by atoms with Crippen molar-refractivity contribution in [3.05, 3.63) is 35.4 Å². The van der Waals surface area contributed by atoms with Crippen LogP contribution in [0.15, 0.2) is 23.2 Å². The highest BCUT2D eigenvalue weighted by molar-refractivity contribution is 5.56. The van der Waals surface area contributed by atoms with Crippen LogP contribution in [0.2, 0.25) is 0 Å². The summed E-state index contributed by atoms with van der Waals surface area (Å²) in [6.07, 6.45) is 3.58. The Bertz CT molecular complexity index is 574. The fraction of sp³-hybridized carbons (Fsp3) is 0.533. The molecular weight excluding hydrogens is 276 g/mol. The molecule has 21 heavy (non-hydrogen) atoms. The maximum atomic E-state index is 14.4. The average Bonchev–Trinajstić information content (AvgIpc) is 3.01. The molecule has 0 radical (unpaired) electrons. The highest BCUT2D eigenvalue weighted by Crippen LogP contribution is 2.60. The highest BCUT2D eigenvalue weighted by atomic mass is 19.1. The summed E-state index contributed by atoms with van der Waals surface area (Å²) < 4.78 is 33.4. The summed E-state index contributed by atoms with van der Waals surface area (Å²) in [6.45, 7) is 3.00. The summed E-state index contributed by atoms with van der Waals surface area (Å²) in [4.78, 5) is 4.10. The molecule has 0 spiro atoms. The monoisotopic (exact) mass is 295 g/mol. The molecule has 2 aliphatic rings. The number of nitrogens with zero attached hydrogens (tertiary/aromatic N) is 2. The molecule has 1 atom stereocenters. The van der Waals surface area contributed by atoms with E-state index in [1.54, 1.807) is 18.5 Å². The fourth-order valence-electron chi connectivity index (χ4n) is 3.08. The van der Waals surface area contributed by atoms with Crippen LogP contribution in [-0.4, -0.2) is 31.7 Å². The molecule has 0 aromatic heterocycles. The van der Waals surface area contributed by atoms with Crippen LogP contribution < -0.4 is 5.43 Å². The van der Waals surface area contributed by atoms with Gasteiger partial charge in [-0.15, -0.1) is 0 Å². The predicted octanol–water partition coefficient (Wildman–Crippen LogP) is 2.41. The van der Waals surface area contributed by atoms with E-state index in [0.29, 0.717) is 18.8 Å². The zero-order valence-corrected chi connectivity index (χ0v) is 12.2. The first-order valence-corrected chi connectivity index (χ1v) is 7.02. The van der Waals surface area contributed by atoms with Crippen LogP contribution in [0.4, 0.5) is 8.78 Å². The minimum atomic E-state index is -0.839. The van der Waals surface area contributed by atoms with Crippen molar-refractivity contribution in [2.75, 3.05) is 20.3 Å². The van der Waals surface area contributed by atoms with Crippen LogP contribution in [-0.2, 0) is 10.3 Å². The van der Waals surface area contributed by atoms with Crippen LogP contribution in [0.1, 0.15) is 25.3 Å². The first kappa shape index (κ1) is 14.4. The number of rotatable bonds is 5. The van der Waals surface area contributed by atoms with Gasteiger partial charge in [-0.3, -0.25) is 10.0 Å². The molecule has 6 heteroatoms. The van der Waals surface area contributed by atoms with E-state index in [1.165, 1.54) is 12.1 Å². The second-order valence-corrected chi connectivity index (χ2v) is 5.96. The number of methoxy groups -OCH3 is 1. The van der Waals surface area contributed by atoms with Gasteiger partial charge in [0.25, 0.3) is 0 Å². The second-order valence-electron chi connectivity index (χ2n) is 5.96. The molecule has 3 rings (SSSR count). The van der Waals surface area contributed by atoms with Crippen molar-refractivity contribution >= 4 is 6.34 Å². The number of nitrogens with one attached hydrogen (secondary N) is 1. The van der Waals surface area contributed by atoms with Crippen molar-refractivity contribution in [2.24, 2.45) is 10.4 Å². The lowest BCUT2D eigenvalue weighted by Gasteiger charge is -2.41. The minimum absolute atomic E-state index is 0.168. The van der Waals surface area contributed by atoms with Crippen LogP contribution in [0.3, 0.4) is 0 Å². The van der Waals surface area contributed by atoms with Crippen molar-refractivity contribution in [3.63, 3.8) is 0 Å². The summed E-state index contributed by atoms with van der Waals surface area (Å²) in [5, 5.41) is 1.80. The Hall–Kier alpha value is -1.53. The van der Waals surface area contributed by atoms with Gasteiger partial charge in [-0.2, -0.15) is 0 Å². The number of hydrogen-bond acceptors (Lipinski definition) is 4. The van der Waals surface area contributed by atoms with Gasteiger partial charge in [0.1, 0.15) is 30.2 Å². The van der Waals surface area contributed by atoms with Gasteiger partial charge in [0.15, 0.2) is 0 Å². The zero-order chi connectivity index (χ0) is 15.1. The summed E-state index contributed by atoms with van der Waals surface area (Å²) >= 11 is 0. The van der Waals surface area contributed by atoms with Crippen molar-refractivity contribution in [2.45, 2.75) is 25.4 Å². The Morgan fingerprint density at radius 2 is 2.19 bits per heavy atom. The van der Waals surface area contributed by atoms with Crippen LogP contribution in [0.25, 0.3) is 0 Å². The van der Waals surface area contributed by atoms with E-state index < -0.39 is 17.2 Å². The van der Waals surface area contributed by atoms with Gasteiger partial charge in [-0.05, 0) is 18.9 Å². The Morgan fingerprint density at radius 1 is 1.43 bits per heavy atom. The molecule has 0 saturated heterocycles. The Morgan fingerprint density at radius 3 is 2.71 bits per heavy atom. The third-order valence-corrected chi connectivity index (χ3v) is 4.67. The molecule has 0 unspecified atom stereocenters. The van der Waals surface area contributed by atoms with E-state index in [-0.39, 0.29) is 5.41 Å². The maximum absolute atomic E-state index is 14.4. The van der Waals surface area contributed by atoms with Crippen LogP contribution in [0, 0.1) is 17.0 Å². The van der Waals surface area contributed by atoms with E-state index >= 15 is 0 Å². The van der Waals surface area contributed by atoms with E-state index in [2.05, 4.69) is 17.3 Å².